The summed E-state index contributed by atoms with van der Waals surface area (Å²) in [6.07, 6.45) is 3.77. The molecule has 4 rings (SSSR count). The first-order valence-corrected chi connectivity index (χ1v) is 10.4. The van der Waals surface area contributed by atoms with Crippen molar-refractivity contribution in [3.05, 3.63) is 65.9 Å². The molecule has 0 aliphatic carbocycles. The Bertz CT molecular complexity index is 1210. The first-order chi connectivity index (χ1) is 15.3. The average molecular weight is 432 g/mol. The quantitative estimate of drug-likeness (QED) is 0.493. The third kappa shape index (κ3) is 4.88. The zero-order valence-corrected chi connectivity index (χ0v) is 18.5. The fourth-order valence-electron chi connectivity index (χ4n) is 2.98. The van der Waals surface area contributed by atoms with Crippen LogP contribution < -0.4 is 5.32 Å². The Morgan fingerprint density at radius 3 is 2.50 bits per heavy atom. The van der Waals surface area contributed by atoms with E-state index in [-0.39, 0.29) is 17.7 Å². The van der Waals surface area contributed by atoms with Gasteiger partial charge in [-0.2, -0.15) is 9.78 Å². The van der Waals surface area contributed by atoms with Crippen LogP contribution in [0.25, 0.3) is 17.4 Å². The van der Waals surface area contributed by atoms with E-state index in [2.05, 4.69) is 51.4 Å². The molecule has 1 N–H and O–H groups in total. The number of nitrogens with one attached hydrogen (secondary N) is 1. The molecule has 3 aromatic heterocycles. The highest BCUT2D eigenvalue weighted by atomic mass is 16.4. The molecule has 0 saturated heterocycles. The zero-order valence-electron chi connectivity index (χ0n) is 18.5. The number of carbonyl (C=O) groups is 1. The van der Waals surface area contributed by atoms with Crippen LogP contribution in [0, 0.1) is 6.92 Å². The maximum Gasteiger partial charge on any atom is 0.252 e. The molecule has 32 heavy (non-hydrogen) atoms. The molecule has 1 aromatic carbocycles. The minimum absolute atomic E-state index is 0.182. The lowest BCUT2D eigenvalue weighted by atomic mass is 9.92. The van der Waals surface area contributed by atoms with E-state index < -0.39 is 0 Å². The van der Waals surface area contributed by atoms with Gasteiger partial charge in [0.05, 0.1) is 5.69 Å². The molecule has 0 fully saturated rings. The minimum Gasteiger partial charge on any atom is -0.421 e. The third-order valence-electron chi connectivity index (χ3n) is 4.82. The van der Waals surface area contributed by atoms with Gasteiger partial charge in [0, 0.05) is 42.3 Å². The van der Waals surface area contributed by atoms with Crippen LogP contribution in [-0.2, 0) is 16.6 Å². The van der Waals surface area contributed by atoms with Crippen LogP contribution in [0.15, 0.2) is 53.2 Å². The van der Waals surface area contributed by atoms with Crippen LogP contribution in [-0.4, -0.2) is 35.9 Å². The molecule has 3 heterocycles. The number of aromatic nitrogens is 6. The molecule has 0 spiro atoms. The van der Waals surface area contributed by atoms with Crippen molar-refractivity contribution in [2.75, 3.05) is 5.32 Å². The molecular formula is C23H25N7O2. The molecule has 0 aliphatic rings. The molecule has 0 bridgehead atoms. The Morgan fingerprint density at radius 1 is 1.09 bits per heavy atom. The van der Waals surface area contributed by atoms with E-state index in [4.69, 9.17) is 4.42 Å². The number of amides is 1. The third-order valence-corrected chi connectivity index (χ3v) is 4.82. The molecular weight excluding hydrogens is 406 g/mol. The molecule has 0 saturated carbocycles. The molecule has 9 heteroatoms. The number of aryl methyl sites for hydroxylation is 2. The largest absolute Gasteiger partial charge is 0.421 e. The fourth-order valence-corrected chi connectivity index (χ4v) is 2.98. The molecule has 0 aliphatic heterocycles. The van der Waals surface area contributed by atoms with Crippen molar-refractivity contribution in [3.8, 4) is 17.4 Å². The van der Waals surface area contributed by atoms with E-state index >= 15 is 0 Å². The average Bonchev–Trinajstić information content (AvgIpc) is 3.41. The van der Waals surface area contributed by atoms with Gasteiger partial charge in [-0.3, -0.25) is 4.79 Å². The highest BCUT2D eigenvalue weighted by Gasteiger charge is 2.22. The monoisotopic (exact) mass is 431 g/mol. The van der Waals surface area contributed by atoms with E-state index in [0.717, 1.165) is 16.8 Å². The summed E-state index contributed by atoms with van der Waals surface area (Å²) < 4.78 is 7.25. The summed E-state index contributed by atoms with van der Waals surface area (Å²) in [6, 6.07) is 11.4. The lowest BCUT2D eigenvalue weighted by Crippen LogP contribution is -2.16. The van der Waals surface area contributed by atoms with Crippen LogP contribution in [0.2, 0.25) is 0 Å². The predicted octanol–water partition coefficient (Wildman–Crippen LogP) is 3.89. The van der Waals surface area contributed by atoms with Crippen LogP contribution in [0.5, 0.6) is 0 Å². The minimum atomic E-state index is -0.199. The van der Waals surface area contributed by atoms with Gasteiger partial charge in [-0.15, -0.1) is 10.2 Å². The van der Waals surface area contributed by atoms with Gasteiger partial charge in [0.15, 0.2) is 0 Å². The van der Waals surface area contributed by atoms with Gasteiger partial charge in [-0.1, -0.05) is 38.5 Å². The Hall–Kier alpha value is -3.88. The van der Waals surface area contributed by atoms with Crippen molar-refractivity contribution in [2.24, 2.45) is 0 Å². The van der Waals surface area contributed by atoms with Crippen LogP contribution in [0.4, 0.5) is 5.82 Å². The van der Waals surface area contributed by atoms with E-state index in [0.29, 0.717) is 30.0 Å². The summed E-state index contributed by atoms with van der Waals surface area (Å²) in [5, 5.41) is 15.7. The Morgan fingerprint density at radius 2 is 1.81 bits per heavy atom. The SMILES string of the molecule is Cc1ccc(-c2nnc(CCC(=O)Nc3cc(C(C)(C)C)nn3-c3ncccn3)o2)cc1. The molecule has 4 aromatic rings. The van der Waals surface area contributed by atoms with E-state index in [1.165, 1.54) is 0 Å². The zero-order chi connectivity index (χ0) is 22.7. The number of anilines is 1. The Balaban J connectivity index is 1.45. The molecule has 9 nitrogen and oxygen atoms in total. The normalized spacial score (nSPS) is 11.5. The van der Waals surface area contributed by atoms with Crippen molar-refractivity contribution in [2.45, 2.75) is 46.0 Å². The van der Waals surface area contributed by atoms with Gasteiger partial charge in [0.2, 0.25) is 17.7 Å². The van der Waals surface area contributed by atoms with E-state index in [1.54, 1.807) is 23.1 Å². The first-order valence-electron chi connectivity index (χ1n) is 10.4. The van der Waals surface area contributed by atoms with Crippen molar-refractivity contribution < 1.29 is 9.21 Å². The van der Waals surface area contributed by atoms with Crippen molar-refractivity contribution in [3.63, 3.8) is 0 Å². The van der Waals surface area contributed by atoms with Gasteiger partial charge >= 0.3 is 0 Å². The molecule has 0 atom stereocenters. The van der Waals surface area contributed by atoms with Crippen molar-refractivity contribution in [1.82, 2.24) is 29.9 Å². The lowest BCUT2D eigenvalue weighted by molar-refractivity contribution is -0.116. The number of rotatable bonds is 6. The lowest BCUT2D eigenvalue weighted by Gasteiger charge is -2.13. The van der Waals surface area contributed by atoms with Crippen LogP contribution >= 0.6 is 0 Å². The van der Waals surface area contributed by atoms with Gasteiger partial charge in [0.1, 0.15) is 5.82 Å². The van der Waals surface area contributed by atoms with Crippen LogP contribution in [0.3, 0.4) is 0 Å². The smallest absolute Gasteiger partial charge is 0.252 e. The second kappa shape index (κ2) is 8.70. The maximum absolute atomic E-state index is 12.7. The second-order valence-electron chi connectivity index (χ2n) is 8.54. The topological polar surface area (TPSA) is 112 Å². The fraction of sp³-hybridized carbons (Fsp3) is 0.304. The number of nitrogens with zero attached hydrogens (tertiary/aromatic N) is 6. The van der Waals surface area contributed by atoms with Crippen molar-refractivity contribution in [1.29, 1.82) is 0 Å². The van der Waals surface area contributed by atoms with Gasteiger partial charge in [-0.25, -0.2) is 9.97 Å². The summed E-state index contributed by atoms with van der Waals surface area (Å²) in [5.41, 5.74) is 2.62. The van der Waals surface area contributed by atoms with Crippen LogP contribution in [0.1, 0.15) is 44.3 Å². The Labute approximate surface area is 185 Å². The number of hydrogen-bond acceptors (Lipinski definition) is 7. The second-order valence-corrected chi connectivity index (χ2v) is 8.54. The predicted molar refractivity (Wildman–Crippen MR) is 119 cm³/mol. The molecule has 1 amide bonds. The summed E-state index contributed by atoms with van der Waals surface area (Å²) in [7, 11) is 0. The summed E-state index contributed by atoms with van der Waals surface area (Å²) in [4.78, 5) is 21.2. The number of hydrogen-bond donors (Lipinski definition) is 1. The standard InChI is InChI=1S/C23H25N7O2/c1-15-6-8-16(9-7-15)21-28-27-20(32-21)11-10-19(31)26-18-14-17(23(2,3)4)29-30(18)22-24-12-5-13-25-22/h5-9,12-14H,10-11H2,1-4H3,(H,26,31). The molecule has 0 radical (unpaired) electrons. The highest BCUT2D eigenvalue weighted by molar-refractivity contribution is 5.90. The highest BCUT2D eigenvalue weighted by Crippen LogP contribution is 2.25. The first kappa shape index (κ1) is 21.4. The van der Waals surface area contributed by atoms with Gasteiger partial charge in [-0.05, 0) is 25.1 Å². The Kier molecular flexibility index (Phi) is 5.81. The van der Waals surface area contributed by atoms with E-state index in [9.17, 15) is 4.79 Å². The van der Waals surface area contributed by atoms with E-state index in [1.807, 2.05) is 37.3 Å². The number of benzene rings is 1. The molecule has 0 unspecified atom stereocenters. The van der Waals surface area contributed by atoms with Crippen molar-refractivity contribution >= 4 is 11.7 Å². The summed E-state index contributed by atoms with van der Waals surface area (Å²) >= 11 is 0. The maximum atomic E-state index is 12.7. The number of carbonyl (C=O) groups excluding carboxylic acids is 1. The van der Waals surface area contributed by atoms with Gasteiger partial charge in [0.25, 0.3) is 5.95 Å². The van der Waals surface area contributed by atoms with Gasteiger partial charge < -0.3 is 9.73 Å². The molecule has 164 valence electrons. The summed E-state index contributed by atoms with van der Waals surface area (Å²) in [6.45, 7) is 8.18. The summed E-state index contributed by atoms with van der Waals surface area (Å²) in [5.74, 6) is 1.55.